The van der Waals surface area contributed by atoms with Crippen LogP contribution in [0.1, 0.15) is 39.2 Å². The van der Waals surface area contributed by atoms with Gasteiger partial charge in [0.1, 0.15) is 11.5 Å². The van der Waals surface area contributed by atoms with Gasteiger partial charge in [0.15, 0.2) is 0 Å². The lowest BCUT2D eigenvalue weighted by molar-refractivity contribution is 0.0878. The Labute approximate surface area is 166 Å². The molecule has 2 aromatic carbocycles. The average Bonchev–Trinajstić information content (AvgIpc) is 3.27. The summed E-state index contributed by atoms with van der Waals surface area (Å²) >= 11 is 0. The normalized spacial score (nSPS) is 18.1. The number of halogens is 1. The Balaban J connectivity index is 1.74. The maximum atomic E-state index is 13.6. The van der Waals surface area contributed by atoms with E-state index >= 15 is 0 Å². The molecule has 5 rings (SSSR count). The molecule has 7 nitrogen and oxygen atoms in total. The van der Waals surface area contributed by atoms with Crippen LogP contribution in [0, 0.1) is 5.82 Å². The molecule has 3 aromatic rings. The number of nitrogens with zero attached hydrogens (tertiary/aromatic N) is 2. The minimum absolute atomic E-state index is 0.0918. The van der Waals surface area contributed by atoms with E-state index in [1.807, 2.05) is 6.07 Å². The van der Waals surface area contributed by atoms with Gasteiger partial charge in [-0.2, -0.15) is 5.10 Å². The van der Waals surface area contributed by atoms with E-state index in [-0.39, 0.29) is 23.7 Å². The number of piperazine rings is 1. The van der Waals surface area contributed by atoms with Crippen LogP contribution in [0.2, 0.25) is 0 Å². The standard InChI is InChI=1S/C21H20FN5O2/c1-11(27-8-6-23-7-9-27)17-14(4-5-15-18(17)21(29)24-20(15)28)19-13-3-2-12(22)10-16(13)25-26-19/h2-5,10-11,23H,6-9H2,1H3,(H,25,26)(H,24,28,29). The minimum atomic E-state index is -0.380. The van der Waals surface area contributed by atoms with E-state index < -0.39 is 0 Å². The van der Waals surface area contributed by atoms with Crippen molar-refractivity contribution in [3.8, 4) is 11.3 Å². The molecule has 8 heteroatoms. The predicted molar refractivity (Wildman–Crippen MR) is 106 cm³/mol. The van der Waals surface area contributed by atoms with Gasteiger partial charge >= 0.3 is 0 Å². The van der Waals surface area contributed by atoms with Gasteiger partial charge in [-0.05, 0) is 36.8 Å². The van der Waals surface area contributed by atoms with Gasteiger partial charge in [-0.3, -0.25) is 24.9 Å². The third-order valence-corrected chi connectivity index (χ3v) is 5.84. The number of amides is 2. The van der Waals surface area contributed by atoms with Crippen molar-refractivity contribution in [3.05, 3.63) is 52.8 Å². The molecule has 2 aliphatic rings. The number of H-pyrrole nitrogens is 1. The molecule has 0 aliphatic carbocycles. The number of hydrogen-bond acceptors (Lipinski definition) is 5. The fourth-order valence-corrected chi connectivity index (χ4v) is 4.38. The quantitative estimate of drug-likeness (QED) is 0.594. The number of aromatic amines is 1. The van der Waals surface area contributed by atoms with Crippen LogP contribution in [-0.2, 0) is 0 Å². The molecular formula is C21H20FN5O2. The molecule has 3 N–H and O–H groups in total. The molecule has 148 valence electrons. The highest BCUT2D eigenvalue weighted by molar-refractivity contribution is 6.23. The second-order valence-corrected chi connectivity index (χ2v) is 7.46. The molecule has 1 fully saturated rings. The monoisotopic (exact) mass is 393 g/mol. The molecule has 1 atom stereocenters. The van der Waals surface area contributed by atoms with Crippen molar-refractivity contribution in [2.45, 2.75) is 13.0 Å². The highest BCUT2D eigenvalue weighted by Gasteiger charge is 2.35. The summed E-state index contributed by atoms with van der Waals surface area (Å²) < 4.78 is 13.6. The Morgan fingerprint density at radius 1 is 1.07 bits per heavy atom. The molecular weight excluding hydrogens is 373 g/mol. The van der Waals surface area contributed by atoms with Crippen molar-refractivity contribution in [2.75, 3.05) is 26.2 Å². The SMILES string of the molecule is CC(c1c(-c2n[nH]c3cc(F)ccc23)ccc2c1C(=O)NC2=O)N1CCNCC1. The molecule has 2 amide bonds. The summed E-state index contributed by atoms with van der Waals surface area (Å²) in [6.45, 7) is 5.46. The zero-order chi connectivity index (χ0) is 20.1. The largest absolute Gasteiger partial charge is 0.314 e. The van der Waals surface area contributed by atoms with E-state index in [4.69, 9.17) is 0 Å². The van der Waals surface area contributed by atoms with Crippen LogP contribution in [0.25, 0.3) is 22.2 Å². The van der Waals surface area contributed by atoms with Gasteiger partial charge in [0.2, 0.25) is 0 Å². The molecule has 2 aliphatic heterocycles. The summed E-state index contributed by atoms with van der Waals surface area (Å²) in [5.41, 5.74) is 3.59. The summed E-state index contributed by atoms with van der Waals surface area (Å²) in [7, 11) is 0. The molecule has 29 heavy (non-hydrogen) atoms. The Kier molecular flexibility index (Phi) is 4.18. The number of imide groups is 1. The minimum Gasteiger partial charge on any atom is -0.314 e. The van der Waals surface area contributed by atoms with Crippen LogP contribution < -0.4 is 10.6 Å². The number of fused-ring (bicyclic) bond motifs is 2. The van der Waals surface area contributed by atoms with E-state index in [2.05, 4.69) is 32.7 Å². The fourth-order valence-electron chi connectivity index (χ4n) is 4.38. The molecule has 0 saturated carbocycles. The zero-order valence-electron chi connectivity index (χ0n) is 15.9. The van der Waals surface area contributed by atoms with Crippen LogP contribution >= 0.6 is 0 Å². The van der Waals surface area contributed by atoms with Crippen molar-refractivity contribution < 1.29 is 14.0 Å². The summed E-state index contributed by atoms with van der Waals surface area (Å²) in [6, 6.07) is 7.89. The molecule has 1 saturated heterocycles. The summed E-state index contributed by atoms with van der Waals surface area (Å²) in [4.78, 5) is 27.2. The first-order valence-electron chi connectivity index (χ1n) is 9.66. The van der Waals surface area contributed by atoms with E-state index in [1.165, 1.54) is 12.1 Å². The van der Waals surface area contributed by atoms with Gasteiger partial charge < -0.3 is 5.32 Å². The summed E-state index contributed by atoms with van der Waals surface area (Å²) in [6.07, 6.45) is 0. The van der Waals surface area contributed by atoms with Gasteiger partial charge in [0.05, 0.1) is 16.6 Å². The second-order valence-electron chi connectivity index (χ2n) is 7.46. The van der Waals surface area contributed by atoms with Gasteiger partial charge in [-0.25, -0.2) is 4.39 Å². The number of rotatable bonds is 3. The maximum Gasteiger partial charge on any atom is 0.259 e. The molecule has 0 radical (unpaired) electrons. The maximum absolute atomic E-state index is 13.6. The summed E-state index contributed by atoms with van der Waals surface area (Å²) in [5, 5.41) is 13.8. The number of carbonyl (C=O) groups is 2. The molecule has 3 heterocycles. The average molecular weight is 393 g/mol. The molecule has 1 unspecified atom stereocenters. The van der Waals surface area contributed by atoms with Gasteiger partial charge in [0.25, 0.3) is 11.8 Å². The lowest BCUT2D eigenvalue weighted by atomic mass is 9.89. The second kappa shape index (κ2) is 6.75. The number of benzene rings is 2. The van der Waals surface area contributed by atoms with Gasteiger partial charge in [0, 0.05) is 43.2 Å². The van der Waals surface area contributed by atoms with Gasteiger partial charge in [-0.1, -0.05) is 6.07 Å². The third-order valence-electron chi connectivity index (χ3n) is 5.84. The van der Waals surface area contributed by atoms with Crippen molar-refractivity contribution >= 4 is 22.7 Å². The number of aromatic nitrogens is 2. The number of nitrogens with one attached hydrogen (secondary N) is 3. The van der Waals surface area contributed by atoms with Crippen molar-refractivity contribution in [3.63, 3.8) is 0 Å². The van der Waals surface area contributed by atoms with Crippen molar-refractivity contribution in [1.82, 2.24) is 25.7 Å². The van der Waals surface area contributed by atoms with Crippen LogP contribution in [0.4, 0.5) is 4.39 Å². The summed E-state index contributed by atoms with van der Waals surface area (Å²) in [5.74, 6) is -1.10. The molecule has 0 bridgehead atoms. The van der Waals surface area contributed by atoms with Crippen LogP contribution in [0.3, 0.4) is 0 Å². The van der Waals surface area contributed by atoms with E-state index in [9.17, 15) is 14.0 Å². The molecule has 1 aromatic heterocycles. The Hall–Kier alpha value is -3.10. The molecule has 0 spiro atoms. The van der Waals surface area contributed by atoms with Crippen LogP contribution in [-0.4, -0.2) is 53.1 Å². The van der Waals surface area contributed by atoms with Crippen LogP contribution in [0.15, 0.2) is 30.3 Å². The van der Waals surface area contributed by atoms with Crippen molar-refractivity contribution in [1.29, 1.82) is 0 Å². The predicted octanol–water partition coefficient (Wildman–Crippen LogP) is 2.22. The third kappa shape index (κ3) is 2.83. The highest BCUT2D eigenvalue weighted by atomic mass is 19.1. The lowest BCUT2D eigenvalue weighted by Crippen LogP contribution is -2.44. The number of carbonyl (C=O) groups excluding carboxylic acids is 2. The van der Waals surface area contributed by atoms with E-state index in [0.29, 0.717) is 22.3 Å². The Bertz CT molecular complexity index is 1150. The highest BCUT2D eigenvalue weighted by Crippen LogP contribution is 2.39. The lowest BCUT2D eigenvalue weighted by Gasteiger charge is -2.34. The Morgan fingerprint density at radius 3 is 2.62 bits per heavy atom. The van der Waals surface area contributed by atoms with E-state index in [1.54, 1.807) is 12.1 Å². The van der Waals surface area contributed by atoms with Crippen molar-refractivity contribution in [2.24, 2.45) is 0 Å². The van der Waals surface area contributed by atoms with E-state index in [0.717, 1.165) is 42.7 Å². The zero-order valence-corrected chi connectivity index (χ0v) is 15.9. The fraction of sp³-hybridized carbons (Fsp3) is 0.286. The first-order valence-corrected chi connectivity index (χ1v) is 9.66. The van der Waals surface area contributed by atoms with Gasteiger partial charge in [-0.15, -0.1) is 0 Å². The number of hydrogen-bond donors (Lipinski definition) is 3. The Morgan fingerprint density at radius 2 is 1.83 bits per heavy atom. The first-order chi connectivity index (χ1) is 14.0. The smallest absolute Gasteiger partial charge is 0.259 e. The topological polar surface area (TPSA) is 90.1 Å². The first kappa shape index (κ1) is 18.0. The van der Waals surface area contributed by atoms with Crippen LogP contribution in [0.5, 0.6) is 0 Å².